The Labute approximate surface area is 104 Å². The van der Waals surface area contributed by atoms with Crippen LogP contribution in [0.25, 0.3) is 0 Å². The van der Waals surface area contributed by atoms with Crippen LogP contribution in [0.15, 0.2) is 24.3 Å². The van der Waals surface area contributed by atoms with E-state index in [1.165, 1.54) is 18.4 Å². The van der Waals surface area contributed by atoms with Crippen molar-refractivity contribution in [3.8, 4) is 0 Å². The first kappa shape index (κ1) is 15.7. The maximum absolute atomic E-state index is 10.6. The Kier molecular flexibility index (Phi) is 9.06. The summed E-state index contributed by atoms with van der Waals surface area (Å²) < 4.78 is 0. The molecule has 0 bridgehead atoms. The lowest BCUT2D eigenvalue weighted by Gasteiger charge is -2.03. The number of nitrogens with one attached hydrogen (secondary N) is 1. The number of carbonyl (C=O) groups is 1. The molecule has 0 aliphatic carbocycles. The van der Waals surface area contributed by atoms with Gasteiger partial charge in [0.1, 0.15) is 5.78 Å². The fourth-order valence-electron chi connectivity index (χ4n) is 1.10. The van der Waals surface area contributed by atoms with Crippen LogP contribution in [0.1, 0.15) is 32.3 Å². The fourth-order valence-corrected chi connectivity index (χ4v) is 1.10. The molecule has 1 aromatic rings. The molecule has 0 saturated carbocycles. The summed E-state index contributed by atoms with van der Waals surface area (Å²) in [4.78, 5) is 10.6. The largest absolute Gasteiger partial charge is 0.378 e. The molecular weight excluding hydrogens is 212 g/mol. The Morgan fingerprint density at radius 1 is 1.29 bits per heavy atom. The van der Waals surface area contributed by atoms with Gasteiger partial charge in [-0.1, -0.05) is 31.0 Å². The number of unbranched alkanes of at least 4 members (excludes halogenated alkanes) is 1. The average Bonchev–Trinajstić information content (AvgIpc) is 2.30. The molecule has 0 aliphatic rings. The highest BCUT2D eigenvalue weighted by Crippen LogP contribution is 2.07. The molecule has 0 spiro atoms. The molecule has 0 saturated heterocycles. The number of hydrogen-bond acceptors (Lipinski definition) is 3. The predicted octanol–water partition coefficient (Wildman–Crippen LogP) is 2.74. The van der Waals surface area contributed by atoms with Crippen LogP contribution in [0.3, 0.4) is 0 Å². The molecule has 0 fully saturated rings. The number of aryl methyl sites for hydroxylation is 1. The van der Waals surface area contributed by atoms with Crippen molar-refractivity contribution in [3.05, 3.63) is 29.8 Å². The average molecular weight is 236 g/mol. The van der Waals surface area contributed by atoms with E-state index in [1.54, 1.807) is 6.92 Å². The van der Waals surface area contributed by atoms with Gasteiger partial charge >= 0.3 is 0 Å². The summed E-state index contributed by atoms with van der Waals surface area (Å²) in [6.45, 7) is 6.99. The first-order valence-electron chi connectivity index (χ1n) is 6.10. The van der Waals surface area contributed by atoms with Crippen molar-refractivity contribution in [1.29, 1.82) is 0 Å². The third-order valence-electron chi connectivity index (χ3n) is 2.15. The lowest BCUT2D eigenvalue weighted by Crippen LogP contribution is -2.09. The summed E-state index contributed by atoms with van der Waals surface area (Å²) in [6.07, 6.45) is 2.39. The van der Waals surface area contributed by atoms with Gasteiger partial charge in [-0.2, -0.15) is 0 Å². The molecule has 3 N–H and O–H groups in total. The SMILES string of the molecule is CC(=O)CNc1ccc(C)cc1.CCCCN. The minimum absolute atomic E-state index is 0.149. The van der Waals surface area contributed by atoms with Crippen LogP contribution in [0, 0.1) is 6.92 Å². The minimum atomic E-state index is 0.149. The van der Waals surface area contributed by atoms with Crippen molar-refractivity contribution in [3.63, 3.8) is 0 Å². The zero-order valence-corrected chi connectivity index (χ0v) is 11.1. The van der Waals surface area contributed by atoms with E-state index in [0.29, 0.717) is 6.54 Å². The van der Waals surface area contributed by atoms with Crippen molar-refractivity contribution >= 4 is 11.5 Å². The van der Waals surface area contributed by atoms with Gasteiger partial charge in [0.15, 0.2) is 0 Å². The number of carbonyl (C=O) groups excluding carboxylic acids is 1. The fraction of sp³-hybridized carbons (Fsp3) is 0.500. The van der Waals surface area contributed by atoms with Gasteiger partial charge in [-0.25, -0.2) is 0 Å². The topological polar surface area (TPSA) is 55.1 Å². The van der Waals surface area contributed by atoms with E-state index in [1.807, 2.05) is 31.2 Å². The van der Waals surface area contributed by atoms with Crippen LogP contribution in [0.5, 0.6) is 0 Å². The van der Waals surface area contributed by atoms with E-state index in [-0.39, 0.29) is 5.78 Å². The highest BCUT2D eigenvalue weighted by Gasteiger charge is 1.92. The third-order valence-corrected chi connectivity index (χ3v) is 2.15. The predicted molar refractivity (Wildman–Crippen MR) is 74.3 cm³/mol. The van der Waals surface area contributed by atoms with Gasteiger partial charge in [-0.3, -0.25) is 4.79 Å². The first-order chi connectivity index (χ1) is 8.10. The number of benzene rings is 1. The van der Waals surface area contributed by atoms with Crippen molar-refractivity contribution < 1.29 is 4.79 Å². The van der Waals surface area contributed by atoms with Gasteiger partial charge in [0.05, 0.1) is 6.54 Å². The number of nitrogens with two attached hydrogens (primary N) is 1. The van der Waals surface area contributed by atoms with Gasteiger partial charge < -0.3 is 11.1 Å². The van der Waals surface area contributed by atoms with Gasteiger partial charge in [-0.05, 0) is 38.9 Å². The molecule has 17 heavy (non-hydrogen) atoms. The monoisotopic (exact) mass is 236 g/mol. The smallest absolute Gasteiger partial charge is 0.148 e. The van der Waals surface area contributed by atoms with Crippen molar-refractivity contribution in [1.82, 2.24) is 0 Å². The van der Waals surface area contributed by atoms with Crippen LogP contribution in [-0.2, 0) is 4.79 Å². The minimum Gasteiger partial charge on any atom is -0.378 e. The van der Waals surface area contributed by atoms with E-state index >= 15 is 0 Å². The molecule has 0 heterocycles. The van der Waals surface area contributed by atoms with Gasteiger partial charge in [0.25, 0.3) is 0 Å². The molecule has 3 heteroatoms. The Bertz CT molecular complexity index is 305. The molecule has 1 aromatic carbocycles. The summed E-state index contributed by atoms with van der Waals surface area (Å²) in [5.74, 6) is 0.149. The Balaban J connectivity index is 0.000000437. The molecule has 0 aliphatic heterocycles. The number of ketones is 1. The number of anilines is 1. The summed E-state index contributed by atoms with van der Waals surface area (Å²) in [5, 5.41) is 3.02. The second-order valence-electron chi connectivity index (χ2n) is 4.06. The summed E-state index contributed by atoms with van der Waals surface area (Å²) in [5.41, 5.74) is 7.36. The summed E-state index contributed by atoms with van der Waals surface area (Å²) in [7, 11) is 0. The lowest BCUT2D eigenvalue weighted by molar-refractivity contribution is -0.115. The van der Waals surface area contributed by atoms with E-state index in [0.717, 1.165) is 12.2 Å². The molecule has 0 aromatic heterocycles. The third kappa shape index (κ3) is 9.57. The Morgan fingerprint density at radius 2 is 1.88 bits per heavy atom. The van der Waals surface area contributed by atoms with Crippen molar-refractivity contribution in [2.45, 2.75) is 33.6 Å². The Hall–Kier alpha value is -1.35. The van der Waals surface area contributed by atoms with Gasteiger partial charge in [0.2, 0.25) is 0 Å². The number of rotatable bonds is 5. The maximum Gasteiger partial charge on any atom is 0.148 e. The molecule has 96 valence electrons. The van der Waals surface area contributed by atoms with Crippen molar-refractivity contribution in [2.75, 3.05) is 18.4 Å². The summed E-state index contributed by atoms with van der Waals surface area (Å²) >= 11 is 0. The second-order valence-corrected chi connectivity index (χ2v) is 4.06. The van der Waals surface area contributed by atoms with E-state index in [9.17, 15) is 4.79 Å². The lowest BCUT2D eigenvalue weighted by atomic mass is 10.2. The molecular formula is C14H24N2O. The molecule has 0 amide bonds. The zero-order valence-electron chi connectivity index (χ0n) is 11.1. The maximum atomic E-state index is 10.6. The van der Waals surface area contributed by atoms with Gasteiger partial charge in [-0.15, -0.1) is 0 Å². The Morgan fingerprint density at radius 3 is 2.24 bits per heavy atom. The van der Waals surface area contributed by atoms with E-state index < -0.39 is 0 Å². The molecule has 1 rings (SSSR count). The van der Waals surface area contributed by atoms with Crippen LogP contribution in [-0.4, -0.2) is 18.9 Å². The van der Waals surface area contributed by atoms with Crippen LogP contribution in [0.4, 0.5) is 5.69 Å². The molecule has 3 nitrogen and oxygen atoms in total. The standard InChI is InChI=1S/C10H13NO.C4H11N/c1-8-3-5-10(6-4-8)11-7-9(2)12;1-2-3-4-5/h3-6,11H,7H2,1-2H3;2-5H2,1H3. The highest BCUT2D eigenvalue weighted by molar-refractivity contribution is 5.80. The summed E-state index contributed by atoms with van der Waals surface area (Å²) in [6, 6.07) is 7.97. The zero-order chi connectivity index (χ0) is 13.1. The van der Waals surface area contributed by atoms with Crippen LogP contribution >= 0.6 is 0 Å². The second kappa shape index (κ2) is 9.85. The normalized spacial score (nSPS) is 9.18. The van der Waals surface area contributed by atoms with E-state index in [2.05, 4.69) is 12.2 Å². The van der Waals surface area contributed by atoms with Crippen LogP contribution < -0.4 is 11.1 Å². The first-order valence-corrected chi connectivity index (χ1v) is 6.10. The molecule has 0 unspecified atom stereocenters. The highest BCUT2D eigenvalue weighted by atomic mass is 16.1. The van der Waals surface area contributed by atoms with Crippen LogP contribution in [0.2, 0.25) is 0 Å². The quantitative estimate of drug-likeness (QED) is 0.826. The molecule has 0 atom stereocenters. The number of hydrogen-bond donors (Lipinski definition) is 2. The van der Waals surface area contributed by atoms with Crippen molar-refractivity contribution in [2.24, 2.45) is 5.73 Å². The number of Topliss-reactive ketones (excluding diaryl/α,β-unsaturated/α-hetero) is 1. The van der Waals surface area contributed by atoms with Gasteiger partial charge in [0, 0.05) is 5.69 Å². The van der Waals surface area contributed by atoms with E-state index in [4.69, 9.17) is 5.73 Å². The molecule has 0 radical (unpaired) electrons.